The Kier molecular flexibility index (Phi) is 7.00. The maximum absolute atomic E-state index is 12.9. The zero-order valence-electron chi connectivity index (χ0n) is 18.6. The first-order chi connectivity index (χ1) is 15.9. The topological polar surface area (TPSA) is 100 Å². The number of hydrogen-bond acceptors (Lipinski definition) is 7. The molecular weight excluding hydrogens is 442 g/mol. The lowest BCUT2D eigenvalue weighted by Crippen LogP contribution is -2.53. The number of tetrazole rings is 1. The number of halogens is 1. The molecule has 1 amide bonds. The molecular formula is C23H26ClN7O2. The van der Waals surface area contributed by atoms with Gasteiger partial charge in [-0.3, -0.25) is 14.7 Å². The van der Waals surface area contributed by atoms with Crippen molar-refractivity contribution >= 4 is 23.6 Å². The van der Waals surface area contributed by atoms with Gasteiger partial charge in [-0.1, -0.05) is 17.7 Å². The highest BCUT2D eigenvalue weighted by molar-refractivity contribution is 6.30. The molecule has 1 saturated heterocycles. The molecule has 9 nitrogen and oxygen atoms in total. The summed E-state index contributed by atoms with van der Waals surface area (Å²) in [6.45, 7) is 7.08. The molecule has 1 aliphatic heterocycles. The van der Waals surface area contributed by atoms with Crippen molar-refractivity contribution in [2.24, 2.45) is 0 Å². The van der Waals surface area contributed by atoms with Crippen LogP contribution in [0.4, 0.5) is 0 Å². The van der Waals surface area contributed by atoms with Gasteiger partial charge in [0.2, 0.25) is 5.91 Å². The molecule has 1 atom stereocenters. The van der Waals surface area contributed by atoms with Crippen LogP contribution in [0.3, 0.4) is 0 Å². The molecule has 33 heavy (non-hydrogen) atoms. The van der Waals surface area contributed by atoms with Crippen LogP contribution in [0.15, 0.2) is 42.6 Å². The molecule has 3 aromatic rings. The molecule has 0 spiro atoms. The van der Waals surface area contributed by atoms with Gasteiger partial charge in [0.1, 0.15) is 5.75 Å². The van der Waals surface area contributed by atoms with Crippen LogP contribution >= 0.6 is 11.6 Å². The lowest BCUT2D eigenvalue weighted by atomic mass is 10.1. The minimum absolute atomic E-state index is 0.0273. The quantitative estimate of drug-likeness (QED) is 0.556. The molecule has 3 heterocycles. The van der Waals surface area contributed by atoms with Gasteiger partial charge < -0.3 is 10.0 Å². The molecule has 1 aliphatic rings. The summed E-state index contributed by atoms with van der Waals surface area (Å²) in [5.74, 6) is 0.727. The van der Waals surface area contributed by atoms with Gasteiger partial charge in [0.05, 0.1) is 18.4 Å². The number of carbonyl (C=O) groups excluding carboxylic acids is 1. The van der Waals surface area contributed by atoms with Gasteiger partial charge in [-0.15, -0.1) is 10.2 Å². The molecule has 0 bridgehead atoms. The van der Waals surface area contributed by atoms with Crippen LogP contribution in [0.25, 0.3) is 6.08 Å². The Morgan fingerprint density at radius 1 is 1.24 bits per heavy atom. The maximum atomic E-state index is 12.9. The summed E-state index contributed by atoms with van der Waals surface area (Å²) in [6, 6.07) is 9.07. The number of hydrogen-bond donors (Lipinski definition) is 1. The highest BCUT2D eigenvalue weighted by Gasteiger charge is 2.26. The normalized spacial score (nSPS) is 17.1. The van der Waals surface area contributed by atoms with Crippen molar-refractivity contribution in [1.82, 2.24) is 35.0 Å². The van der Waals surface area contributed by atoms with E-state index in [4.69, 9.17) is 11.6 Å². The summed E-state index contributed by atoms with van der Waals surface area (Å²) < 4.78 is 0. The van der Waals surface area contributed by atoms with Crippen molar-refractivity contribution in [3.05, 3.63) is 70.3 Å². The first-order valence-electron chi connectivity index (χ1n) is 10.7. The van der Waals surface area contributed by atoms with Crippen LogP contribution in [-0.4, -0.2) is 71.7 Å². The monoisotopic (exact) mass is 467 g/mol. The van der Waals surface area contributed by atoms with Gasteiger partial charge >= 0.3 is 0 Å². The molecule has 1 aromatic carbocycles. The second kappa shape index (κ2) is 10.1. The molecule has 10 heteroatoms. The SMILES string of the molecule is Cc1nnn(Cc2cc(Cl)ccc2C=CC(=O)N2CCN(Cc3ccc(O)cn3)C[C@H]2C)n1. The first kappa shape index (κ1) is 22.9. The molecule has 172 valence electrons. The van der Waals surface area contributed by atoms with Crippen LogP contribution in [0, 0.1) is 6.92 Å². The smallest absolute Gasteiger partial charge is 0.246 e. The van der Waals surface area contributed by atoms with Crippen molar-refractivity contribution in [2.45, 2.75) is 33.0 Å². The average molecular weight is 468 g/mol. The van der Waals surface area contributed by atoms with Gasteiger partial charge in [-0.25, -0.2) is 0 Å². The molecule has 0 unspecified atom stereocenters. The van der Waals surface area contributed by atoms with E-state index >= 15 is 0 Å². The summed E-state index contributed by atoms with van der Waals surface area (Å²) in [5.41, 5.74) is 2.68. The Bertz CT molecular complexity index is 1150. The number of carbonyl (C=O) groups is 1. The van der Waals surface area contributed by atoms with Crippen LogP contribution in [0.5, 0.6) is 5.75 Å². The molecule has 0 aliphatic carbocycles. The summed E-state index contributed by atoms with van der Waals surface area (Å²) in [7, 11) is 0. The third-order valence-corrected chi connectivity index (χ3v) is 5.80. The highest BCUT2D eigenvalue weighted by Crippen LogP contribution is 2.19. The van der Waals surface area contributed by atoms with Gasteiger partial charge in [0.25, 0.3) is 0 Å². The lowest BCUT2D eigenvalue weighted by molar-refractivity contribution is -0.130. The van der Waals surface area contributed by atoms with E-state index in [1.54, 1.807) is 25.1 Å². The van der Waals surface area contributed by atoms with Crippen molar-refractivity contribution in [1.29, 1.82) is 0 Å². The second-order valence-corrected chi connectivity index (χ2v) is 8.60. The predicted molar refractivity (Wildman–Crippen MR) is 124 cm³/mol. The number of piperazine rings is 1. The van der Waals surface area contributed by atoms with Crippen LogP contribution < -0.4 is 0 Å². The van der Waals surface area contributed by atoms with Gasteiger partial charge in [-0.05, 0) is 60.5 Å². The van der Waals surface area contributed by atoms with E-state index in [2.05, 4.69) is 32.2 Å². The highest BCUT2D eigenvalue weighted by atomic mass is 35.5. The minimum Gasteiger partial charge on any atom is -0.506 e. The number of benzene rings is 1. The standard InChI is InChI=1S/C23H26ClN7O2/c1-16-13-29(15-21-6-7-22(32)12-25-21)9-10-30(16)23(33)8-4-18-3-5-20(24)11-19(18)14-31-27-17(2)26-28-31/h3-8,11-12,16,32H,9-10,13-15H2,1-2H3/t16-/m1/s1. The summed E-state index contributed by atoms with van der Waals surface area (Å²) >= 11 is 6.18. The van der Waals surface area contributed by atoms with Gasteiger partial charge in [-0.2, -0.15) is 4.80 Å². The minimum atomic E-state index is -0.0273. The summed E-state index contributed by atoms with van der Waals surface area (Å²) in [4.78, 5) is 22.8. The van der Waals surface area contributed by atoms with Gasteiger partial charge in [0, 0.05) is 43.3 Å². The van der Waals surface area contributed by atoms with E-state index in [1.165, 1.54) is 11.0 Å². The maximum Gasteiger partial charge on any atom is 0.246 e. The largest absolute Gasteiger partial charge is 0.506 e. The Hall–Kier alpha value is -3.30. The second-order valence-electron chi connectivity index (χ2n) is 8.17. The molecule has 0 saturated carbocycles. The third kappa shape index (κ3) is 5.94. The Morgan fingerprint density at radius 3 is 2.79 bits per heavy atom. The fourth-order valence-electron chi connectivity index (χ4n) is 3.92. The summed E-state index contributed by atoms with van der Waals surface area (Å²) in [5, 5.41) is 22.1. The predicted octanol–water partition coefficient (Wildman–Crippen LogP) is 2.53. The van der Waals surface area contributed by atoms with Crippen molar-refractivity contribution < 1.29 is 9.90 Å². The molecule has 1 fully saturated rings. The zero-order chi connectivity index (χ0) is 23.4. The molecule has 1 N–H and O–H groups in total. The van der Waals surface area contributed by atoms with E-state index < -0.39 is 0 Å². The fourth-order valence-corrected chi connectivity index (χ4v) is 4.11. The van der Waals surface area contributed by atoms with Crippen LogP contribution in [0.2, 0.25) is 5.02 Å². The zero-order valence-corrected chi connectivity index (χ0v) is 19.4. The van der Waals surface area contributed by atoms with E-state index in [0.29, 0.717) is 30.5 Å². The number of aromatic hydroxyl groups is 1. The number of aryl methyl sites for hydroxylation is 1. The number of aromatic nitrogens is 5. The average Bonchev–Trinajstić information content (AvgIpc) is 3.19. The third-order valence-electron chi connectivity index (χ3n) is 5.56. The first-order valence-corrected chi connectivity index (χ1v) is 11.1. The number of nitrogens with zero attached hydrogens (tertiary/aromatic N) is 7. The van der Waals surface area contributed by atoms with Crippen LogP contribution in [-0.2, 0) is 17.9 Å². The van der Waals surface area contributed by atoms with Crippen molar-refractivity contribution in [3.63, 3.8) is 0 Å². The molecule has 0 radical (unpaired) electrons. The molecule has 2 aromatic heterocycles. The van der Waals surface area contributed by atoms with E-state index in [1.807, 2.05) is 29.2 Å². The van der Waals surface area contributed by atoms with E-state index in [0.717, 1.165) is 29.9 Å². The van der Waals surface area contributed by atoms with E-state index in [-0.39, 0.29) is 17.7 Å². The number of rotatable bonds is 6. The Morgan fingerprint density at radius 2 is 2.09 bits per heavy atom. The lowest BCUT2D eigenvalue weighted by Gasteiger charge is -2.39. The Labute approximate surface area is 197 Å². The van der Waals surface area contributed by atoms with E-state index in [9.17, 15) is 9.90 Å². The van der Waals surface area contributed by atoms with Crippen molar-refractivity contribution in [3.8, 4) is 5.75 Å². The van der Waals surface area contributed by atoms with Crippen molar-refractivity contribution in [2.75, 3.05) is 19.6 Å². The van der Waals surface area contributed by atoms with Crippen LogP contribution in [0.1, 0.15) is 29.6 Å². The molecule has 4 rings (SSSR count). The fraction of sp³-hybridized carbons (Fsp3) is 0.348. The Balaban J connectivity index is 1.39. The van der Waals surface area contributed by atoms with Gasteiger partial charge in [0.15, 0.2) is 5.82 Å². The number of pyridine rings is 1. The number of amides is 1. The summed E-state index contributed by atoms with van der Waals surface area (Å²) in [6.07, 6.45) is 4.88.